The van der Waals surface area contributed by atoms with Gasteiger partial charge in [-0.25, -0.2) is 15.0 Å². The molecular weight excluding hydrogens is 286 g/mol. The molecule has 0 fully saturated rings. The van der Waals surface area contributed by atoms with Gasteiger partial charge in [0.1, 0.15) is 29.1 Å². The van der Waals surface area contributed by atoms with Crippen LogP contribution in [0, 0.1) is 11.3 Å². The molecule has 5 heteroatoms. The van der Waals surface area contributed by atoms with E-state index in [4.69, 9.17) is 0 Å². The van der Waals surface area contributed by atoms with E-state index in [1.165, 1.54) is 0 Å². The minimum absolute atomic E-state index is 0.496. The Labute approximate surface area is 134 Å². The van der Waals surface area contributed by atoms with Gasteiger partial charge in [-0.05, 0) is 24.6 Å². The maximum atomic E-state index is 9.48. The predicted molar refractivity (Wildman–Crippen MR) is 89.8 cm³/mol. The number of allylic oxidation sites excluding steroid dienone is 3. The van der Waals surface area contributed by atoms with Gasteiger partial charge in [0.2, 0.25) is 0 Å². The third-order valence-electron chi connectivity index (χ3n) is 3.82. The van der Waals surface area contributed by atoms with Gasteiger partial charge in [-0.1, -0.05) is 36.4 Å². The quantitative estimate of drug-likeness (QED) is 0.842. The van der Waals surface area contributed by atoms with E-state index < -0.39 is 0 Å². The Kier molecular flexibility index (Phi) is 3.02. The monoisotopic (exact) mass is 299 g/mol. The molecule has 1 aromatic rings. The Morgan fingerprint density at radius 3 is 2.74 bits per heavy atom. The summed E-state index contributed by atoms with van der Waals surface area (Å²) >= 11 is 0. The summed E-state index contributed by atoms with van der Waals surface area (Å²) in [6, 6.07) is 12.3. The van der Waals surface area contributed by atoms with Gasteiger partial charge in [-0.3, -0.25) is 4.90 Å². The van der Waals surface area contributed by atoms with Crippen LogP contribution >= 0.6 is 0 Å². The Hall–Kier alpha value is -3.26. The molecule has 110 valence electrons. The van der Waals surface area contributed by atoms with Crippen molar-refractivity contribution in [1.82, 2.24) is 4.90 Å². The maximum Gasteiger partial charge on any atom is 0.162 e. The third kappa shape index (κ3) is 2.21. The van der Waals surface area contributed by atoms with Crippen molar-refractivity contribution in [3.8, 4) is 6.07 Å². The lowest BCUT2D eigenvalue weighted by Gasteiger charge is -2.33. The second-order valence-corrected chi connectivity index (χ2v) is 5.39. The second kappa shape index (κ2) is 5.18. The molecule has 3 heterocycles. The molecule has 0 aliphatic carbocycles. The molecule has 23 heavy (non-hydrogen) atoms. The van der Waals surface area contributed by atoms with E-state index >= 15 is 0 Å². The summed E-state index contributed by atoms with van der Waals surface area (Å²) in [6.07, 6.45) is 6.36. The summed E-state index contributed by atoms with van der Waals surface area (Å²) in [6.45, 7) is 1.83. The zero-order valence-electron chi connectivity index (χ0n) is 12.6. The highest BCUT2D eigenvalue weighted by Gasteiger charge is 2.33. The van der Waals surface area contributed by atoms with Crippen molar-refractivity contribution in [2.75, 3.05) is 0 Å². The first-order valence-electron chi connectivity index (χ1n) is 7.35. The van der Waals surface area contributed by atoms with E-state index in [1.807, 2.05) is 60.4 Å². The summed E-state index contributed by atoms with van der Waals surface area (Å²) in [7, 11) is 0. The first-order chi connectivity index (χ1) is 11.3. The Balaban J connectivity index is 1.81. The highest BCUT2D eigenvalue weighted by molar-refractivity contribution is 6.22. The van der Waals surface area contributed by atoms with Crippen LogP contribution in [-0.2, 0) is 6.42 Å². The molecule has 0 aromatic heterocycles. The topological polar surface area (TPSA) is 64.1 Å². The van der Waals surface area contributed by atoms with Crippen LogP contribution in [0.3, 0.4) is 0 Å². The van der Waals surface area contributed by atoms with Gasteiger partial charge < -0.3 is 0 Å². The van der Waals surface area contributed by atoms with Crippen LogP contribution in [0.1, 0.15) is 12.5 Å². The smallest absolute Gasteiger partial charge is 0.162 e. The number of hydrogen-bond acceptors (Lipinski definition) is 5. The second-order valence-electron chi connectivity index (χ2n) is 5.39. The number of nitriles is 1. The Bertz CT molecular complexity index is 904. The van der Waals surface area contributed by atoms with Crippen molar-refractivity contribution in [3.05, 3.63) is 71.2 Å². The number of nitrogens with zero attached hydrogens (tertiary/aromatic N) is 5. The van der Waals surface area contributed by atoms with Crippen molar-refractivity contribution in [3.63, 3.8) is 0 Å². The fourth-order valence-electron chi connectivity index (χ4n) is 2.75. The van der Waals surface area contributed by atoms with Crippen LogP contribution in [-0.4, -0.2) is 22.4 Å². The molecule has 1 aromatic carbocycles. The molecule has 0 amide bonds. The van der Waals surface area contributed by atoms with E-state index in [1.54, 1.807) is 0 Å². The van der Waals surface area contributed by atoms with Gasteiger partial charge in [-0.15, -0.1) is 0 Å². The van der Waals surface area contributed by atoms with Crippen LogP contribution in [0.5, 0.6) is 0 Å². The number of rotatable bonds is 2. The average Bonchev–Trinajstić information content (AvgIpc) is 2.56. The normalized spacial score (nSPS) is 18.5. The van der Waals surface area contributed by atoms with Gasteiger partial charge in [0.25, 0.3) is 0 Å². The van der Waals surface area contributed by atoms with Gasteiger partial charge in [0.05, 0.1) is 5.70 Å². The van der Waals surface area contributed by atoms with E-state index in [2.05, 4.69) is 21.0 Å². The van der Waals surface area contributed by atoms with Crippen LogP contribution in [0.25, 0.3) is 0 Å². The lowest BCUT2D eigenvalue weighted by Crippen LogP contribution is -2.42. The van der Waals surface area contributed by atoms with Gasteiger partial charge in [-0.2, -0.15) is 5.26 Å². The molecule has 0 unspecified atom stereocenters. The van der Waals surface area contributed by atoms with Crippen LogP contribution in [0.2, 0.25) is 0 Å². The highest BCUT2D eigenvalue weighted by atomic mass is 15.3. The molecule has 4 rings (SSSR count). The van der Waals surface area contributed by atoms with Crippen molar-refractivity contribution in [2.24, 2.45) is 15.0 Å². The molecule has 0 radical (unpaired) electrons. The van der Waals surface area contributed by atoms with Crippen molar-refractivity contribution in [2.45, 2.75) is 13.3 Å². The molecule has 0 saturated heterocycles. The first-order valence-corrected chi connectivity index (χ1v) is 7.35. The van der Waals surface area contributed by atoms with Crippen LogP contribution in [0.15, 0.2) is 80.6 Å². The molecule has 0 atom stereocenters. The molecule has 0 bridgehead atoms. The van der Waals surface area contributed by atoms with Gasteiger partial charge in [0.15, 0.2) is 5.84 Å². The minimum atomic E-state index is 0.496. The summed E-state index contributed by atoms with van der Waals surface area (Å²) in [5, 5.41) is 9.48. The molecule has 3 aliphatic heterocycles. The fourth-order valence-corrected chi connectivity index (χ4v) is 2.75. The summed E-state index contributed by atoms with van der Waals surface area (Å²) in [5.41, 5.74) is 2.32. The molecule has 0 saturated carbocycles. The maximum absolute atomic E-state index is 9.48. The number of benzene rings is 1. The van der Waals surface area contributed by atoms with E-state index in [0.29, 0.717) is 29.4 Å². The van der Waals surface area contributed by atoms with E-state index in [-0.39, 0.29) is 0 Å². The molecular formula is C18H13N5. The zero-order valence-corrected chi connectivity index (χ0v) is 12.6. The first kappa shape index (κ1) is 13.4. The lowest BCUT2D eigenvalue weighted by molar-refractivity contribution is 0.712. The summed E-state index contributed by atoms with van der Waals surface area (Å²) in [5.74, 6) is 2.82. The fraction of sp³-hybridized carbons (Fsp3) is 0.111. The summed E-state index contributed by atoms with van der Waals surface area (Å²) in [4.78, 5) is 15.6. The molecule has 3 aliphatic rings. The highest BCUT2D eigenvalue weighted by Crippen LogP contribution is 2.28. The minimum Gasteiger partial charge on any atom is -0.261 e. The molecule has 0 N–H and O–H groups in total. The van der Waals surface area contributed by atoms with Crippen LogP contribution in [0.4, 0.5) is 0 Å². The Morgan fingerprint density at radius 1 is 1.13 bits per heavy atom. The predicted octanol–water partition coefficient (Wildman–Crippen LogP) is 2.96. The number of amidine groups is 3. The van der Waals surface area contributed by atoms with Crippen molar-refractivity contribution >= 4 is 17.5 Å². The molecule has 0 spiro atoms. The van der Waals surface area contributed by atoms with Crippen molar-refractivity contribution in [1.29, 1.82) is 5.26 Å². The lowest BCUT2D eigenvalue weighted by atomic mass is 10.1. The van der Waals surface area contributed by atoms with E-state index in [0.717, 1.165) is 17.2 Å². The van der Waals surface area contributed by atoms with Crippen LogP contribution < -0.4 is 0 Å². The number of hydrogen-bond donors (Lipinski definition) is 0. The average molecular weight is 299 g/mol. The standard InChI is InChI=1S/C18H13N5/c1-12-14(11-19)18-22-15(10-13-6-3-2-4-7-13)21-17-9-5-8-16(20-12)23(17)18/h2-9H,10H2,1H3. The third-order valence-corrected chi connectivity index (χ3v) is 3.82. The Morgan fingerprint density at radius 2 is 1.96 bits per heavy atom. The van der Waals surface area contributed by atoms with E-state index in [9.17, 15) is 5.26 Å². The molecule has 5 nitrogen and oxygen atoms in total. The SMILES string of the molecule is CC1=C(C#N)C2=NC(Cc3ccccc3)=NC3=CC=CC(=N1)N32. The zero-order chi connectivity index (χ0) is 15.8. The number of aliphatic imine (C=N–C) groups is 3. The summed E-state index contributed by atoms with van der Waals surface area (Å²) < 4.78 is 0. The van der Waals surface area contributed by atoms with Crippen molar-refractivity contribution < 1.29 is 0 Å². The van der Waals surface area contributed by atoms with Gasteiger partial charge >= 0.3 is 0 Å². The largest absolute Gasteiger partial charge is 0.261 e. The van der Waals surface area contributed by atoms with Gasteiger partial charge in [0, 0.05) is 6.42 Å².